The predicted octanol–water partition coefficient (Wildman–Crippen LogP) is 11.8. The molecule has 0 fully saturated rings. The summed E-state index contributed by atoms with van der Waals surface area (Å²) in [6.07, 6.45) is -2.04. The molecule has 88 heavy (non-hydrogen) atoms. The molecule has 8 aromatic rings. The number of methoxy groups -OCH3 is 7. The highest BCUT2D eigenvalue weighted by atomic mass is 16.5. The molecule has 8 aromatic carbocycles. The van der Waals surface area contributed by atoms with Crippen LogP contribution in [0.5, 0.6) is 69.0 Å². The summed E-state index contributed by atoms with van der Waals surface area (Å²) < 4.78 is 58.8. The summed E-state index contributed by atoms with van der Waals surface area (Å²) in [5, 5.41) is 28.5. The van der Waals surface area contributed by atoms with Crippen LogP contribution >= 0.6 is 0 Å². The second-order valence-corrected chi connectivity index (χ2v) is 19.3. The molecule has 0 saturated carbocycles. The fraction of sp³-hybridized carbons (Fsp3) is 0.257. The molecule has 0 saturated heterocycles. The number of carbonyl (C=O) groups is 4. The molecule has 8 rings (SSSR count). The molecule has 18 heteroatoms. The minimum absolute atomic E-state index is 0.0347. The summed E-state index contributed by atoms with van der Waals surface area (Å²) in [5.41, 5.74) is 6.21. The molecule has 2 atom stereocenters. The van der Waals surface area contributed by atoms with Gasteiger partial charge in [0.1, 0.15) is 23.0 Å². The zero-order chi connectivity index (χ0) is 64.3. The lowest BCUT2D eigenvalue weighted by Crippen LogP contribution is -2.31. The molecular weight excluding hydrogens is 1130 g/mol. The Morgan fingerprint density at radius 1 is 0.341 bits per heavy atom. The van der Waals surface area contributed by atoms with E-state index >= 15 is 0 Å². The highest BCUT2D eigenvalue weighted by molar-refractivity contribution is 6.01. The van der Waals surface area contributed by atoms with Crippen molar-refractivity contribution in [3.8, 4) is 69.0 Å². The van der Waals surface area contributed by atoms with Crippen molar-refractivity contribution in [3.05, 3.63) is 214 Å². The Labute approximate surface area is 513 Å². The van der Waals surface area contributed by atoms with E-state index in [9.17, 15) is 34.5 Å². The summed E-state index contributed by atoms with van der Waals surface area (Å²) in [7, 11) is 11.0. The number of phenols is 1. The highest BCUT2D eigenvalue weighted by Crippen LogP contribution is 2.33. The van der Waals surface area contributed by atoms with E-state index in [0.29, 0.717) is 79.6 Å². The summed E-state index contributed by atoms with van der Waals surface area (Å²) in [4.78, 5) is 49.4. The van der Waals surface area contributed by atoms with Gasteiger partial charge in [-0.25, -0.2) is 0 Å². The number of aliphatic hydroxyl groups is 2. The van der Waals surface area contributed by atoms with Crippen molar-refractivity contribution in [1.82, 2.24) is 0 Å². The van der Waals surface area contributed by atoms with Crippen LogP contribution in [0.4, 0.5) is 0 Å². The molecule has 0 aliphatic heterocycles. The van der Waals surface area contributed by atoms with Crippen LogP contribution < -0.4 is 52.1 Å². The SMILES string of the molecule is COc1ccc(C(=O)C(CO)Oc2ccccc2OC)cc1C.COc1ccc(C(=O)COc2c(C)cccc2OC)cc1C.COc1ccc(C(=O)COc2ccccc2OC)cc1C.COc1ccccc1OC(CO)C(=O)c1ccc(O)c(C)c1. The number of carbonyl (C=O) groups excluding carboxylic acids is 4. The normalized spacial score (nSPS) is 10.9. The molecule has 0 aliphatic carbocycles. The van der Waals surface area contributed by atoms with Gasteiger partial charge in [-0.05, 0) is 178 Å². The molecule has 0 aromatic heterocycles. The topological polar surface area (TPSA) is 230 Å². The van der Waals surface area contributed by atoms with Crippen molar-refractivity contribution in [2.75, 3.05) is 76.2 Å². The summed E-state index contributed by atoms with van der Waals surface area (Å²) in [6, 6.07) is 47.0. The van der Waals surface area contributed by atoms with Gasteiger partial charge in [0.15, 0.2) is 83.0 Å². The summed E-state index contributed by atoms with van der Waals surface area (Å²) >= 11 is 0. The Balaban J connectivity index is 0.000000214. The smallest absolute Gasteiger partial charge is 0.205 e. The Morgan fingerprint density at radius 2 is 0.670 bits per heavy atom. The average molecular weight is 1210 g/mol. The maximum Gasteiger partial charge on any atom is 0.205 e. The molecule has 18 nitrogen and oxygen atoms in total. The number of Topliss-reactive ketones (excluding diaryl/α,β-unsaturated/α-hetero) is 4. The van der Waals surface area contributed by atoms with Crippen molar-refractivity contribution in [1.29, 1.82) is 0 Å². The molecule has 464 valence electrons. The molecule has 0 spiro atoms. The van der Waals surface area contributed by atoms with Crippen LogP contribution in [0.15, 0.2) is 164 Å². The molecular formula is C70H76O18. The van der Waals surface area contributed by atoms with Crippen molar-refractivity contribution in [3.63, 3.8) is 0 Å². The number of para-hydroxylation sites is 7. The molecule has 3 N–H and O–H groups in total. The van der Waals surface area contributed by atoms with Gasteiger partial charge in [0, 0.05) is 22.3 Å². The third kappa shape index (κ3) is 19.2. The number of aromatic hydroxyl groups is 1. The number of hydrogen-bond donors (Lipinski definition) is 3. The van der Waals surface area contributed by atoms with E-state index in [4.69, 9.17) is 52.1 Å². The van der Waals surface area contributed by atoms with E-state index in [1.807, 2.05) is 58.0 Å². The number of phenolic OH excluding ortho intramolecular Hbond substituents is 1. The largest absolute Gasteiger partial charge is 0.508 e. The maximum atomic E-state index is 12.6. The minimum atomic E-state index is -1.04. The molecule has 0 radical (unpaired) electrons. The lowest BCUT2D eigenvalue weighted by Gasteiger charge is -2.18. The zero-order valence-corrected chi connectivity index (χ0v) is 51.5. The number of aliphatic hydroxyl groups excluding tert-OH is 2. The van der Waals surface area contributed by atoms with Crippen molar-refractivity contribution >= 4 is 23.1 Å². The van der Waals surface area contributed by atoms with E-state index in [2.05, 4.69) is 0 Å². The van der Waals surface area contributed by atoms with Crippen molar-refractivity contribution in [2.45, 2.75) is 46.8 Å². The predicted molar refractivity (Wildman–Crippen MR) is 334 cm³/mol. The fourth-order valence-electron chi connectivity index (χ4n) is 8.56. The van der Waals surface area contributed by atoms with Crippen LogP contribution in [0.2, 0.25) is 0 Å². The Bertz CT molecular complexity index is 3590. The summed E-state index contributed by atoms with van der Waals surface area (Å²) in [6.45, 7) is 8.31. The van der Waals surface area contributed by atoms with Gasteiger partial charge < -0.3 is 67.4 Å². The Hall–Kier alpha value is -10.0. The standard InChI is InChI=1S/C18H20O5.C18H20O4.C17H18O5.C17H18O4/c1-12-10-13(8-9-14(12)21-2)18(20)17(11-19)23-16-7-5-4-6-15(16)22-3;1-12-6-5-7-17(21-4)18(12)22-11-15(19)14-8-9-16(20-3)13(2)10-14;1-11-9-12(7-8-13(11)19)17(20)16(10-18)22-15-6-4-3-5-14(15)21-2;1-12-10-13(8-9-15(12)19-2)14(18)11-21-17-7-5-4-6-16(17)20-3/h4-10,17,19H,11H2,1-3H3;5-10H,11H2,1-4H3;3-9,16,18-19H,10H2,1-2H3;4-10H,11H2,1-3H3. The first-order valence-electron chi connectivity index (χ1n) is 27.6. The van der Waals surface area contributed by atoms with Crippen LogP contribution in [0.1, 0.15) is 69.2 Å². The lowest BCUT2D eigenvalue weighted by molar-refractivity contribution is 0.0646. The average Bonchev–Trinajstić information content (AvgIpc) is 3.74. The number of benzene rings is 8. The first-order chi connectivity index (χ1) is 42.4. The van der Waals surface area contributed by atoms with Crippen LogP contribution in [-0.2, 0) is 0 Å². The first kappa shape index (κ1) is 68.7. The van der Waals surface area contributed by atoms with Gasteiger partial charge >= 0.3 is 0 Å². The molecule has 0 heterocycles. The van der Waals surface area contributed by atoms with Crippen LogP contribution in [0.3, 0.4) is 0 Å². The fourth-order valence-corrected chi connectivity index (χ4v) is 8.56. The van der Waals surface area contributed by atoms with Crippen LogP contribution in [-0.4, -0.2) is 127 Å². The Morgan fingerprint density at radius 3 is 1.06 bits per heavy atom. The maximum absolute atomic E-state index is 12.6. The number of ether oxygens (including phenoxy) is 11. The van der Waals surface area contributed by atoms with Gasteiger partial charge in [-0.2, -0.15) is 0 Å². The monoisotopic (exact) mass is 1200 g/mol. The quantitative estimate of drug-likeness (QED) is 0.0452. The van der Waals surface area contributed by atoms with E-state index in [-0.39, 0.29) is 42.1 Å². The number of hydrogen-bond acceptors (Lipinski definition) is 18. The van der Waals surface area contributed by atoms with Gasteiger partial charge in [-0.1, -0.05) is 48.5 Å². The zero-order valence-electron chi connectivity index (χ0n) is 51.5. The van der Waals surface area contributed by atoms with E-state index in [1.165, 1.54) is 26.4 Å². The highest BCUT2D eigenvalue weighted by Gasteiger charge is 2.25. The molecule has 0 aliphatic rings. The van der Waals surface area contributed by atoms with Gasteiger partial charge in [0.2, 0.25) is 11.6 Å². The van der Waals surface area contributed by atoms with E-state index in [0.717, 1.165) is 33.8 Å². The van der Waals surface area contributed by atoms with Crippen LogP contribution in [0.25, 0.3) is 0 Å². The molecule has 2 unspecified atom stereocenters. The third-order valence-corrected chi connectivity index (χ3v) is 13.4. The van der Waals surface area contributed by atoms with E-state index in [1.54, 1.807) is 164 Å². The third-order valence-electron chi connectivity index (χ3n) is 13.4. The van der Waals surface area contributed by atoms with E-state index < -0.39 is 25.4 Å². The second kappa shape index (κ2) is 34.8. The van der Waals surface area contributed by atoms with Gasteiger partial charge in [0.25, 0.3) is 0 Å². The minimum Gasteiger partial charge on any atom is -0.508 e. The summed E-state index contributed by atoms with van der Waals surface area (Å²) in [5.74, 6) is 5.66. The van der Waals surface area contributed by atoms with Gasteiger partial charge in [-0.3, -0.25) is 19.2 Å². The number of ketones is 4. The van der Waals surface area contributed by atoms with Crippen LogP contribution in [0, 0.1) is 34.6 Å². The molecule has 0 bridgehead atoms. The lowest BCUT2D eigenvalue weighted by atomic mass is 10.0. The first-order valence-corrected chi connectivity index (χ1v) is 27.6. The van der Waals surface area contributed by atoms with Gasteiger partial charge in [-0.15, -0.1) is 0 Å². The van der Waals surface area contributed by atoms with Gasteiger partial charge in [0.05, 0.1) is 63.0 Å². The molecule has 0 amide bonds. The van der Waals surface area contributed by atoms with Crippen molar-refractivity contribution < 1.29 is 86.6 Å². The Kier molecular flexibility index (Phi) is 27.2. The van der Waals surface area contributed by atoms with Crippen molar-refractivity contribution in [2.24, 2.45) is 0 Å². The number of aryl methyl sites for hydroxylation is 5. The second-order valence-electron chi connectivity index (χ2n) is 19.3. The number of rotatable bonds is 25.